The zero-order valence-electron chi connectivity index (χ0n) is 8.20. The average molecular weight is 240 g/mol. The summed E-state index contributed by atoms with van der Waals surface area (Å²) in [6, 6.07) is 2.14. The maximum absolute atomic E-state index is 5.86. The minimum atomic E-state index is 0.407. The number of aromatic nitrogens is 2. The molecule has 2 aromatic heterocycles. The van der Waals surface area contributed by atoms with Gasteiger partial charge in [0.15, 0.2) is 11.0 Å². The van der Waals surface area contributed by atoms with Gasteiger partial charge in [-0.3, -0.25) is 0 Å². The maximum atomic E-state index is 5.86. The molecule has 0 saturated carbocycles. The van der Waals surface area contributed by atoms with Crippen molar-refractivity contribution >= 4 is 28.8 Å². The lowest BCUT2D eigenvalue weighted by molar-refractivity contribution is 1.09. The number of nitrogens with zero attached hydrogens (tertiary/aromatic N) is 2. The molecule has 2 aromatic rings. The molecule has 0 saturated heterocycles. The van der Waals surface area contributed by atoms with Gasteiger partial charge in [0.2, 0.25) is 0 Å². The molecule has 0 amide bonds. The van der Waals surface area contributed by atoms with E-state index >= 15 is 0 Å². The van der Waals surface area contributed by atoms with E-state index in [1.54, 1.807) is 23.7 Å². The molecule has 3 nitrogen and oxygen atoms in total. The van der Waals surface area contributed by atoms with Gasteiger partial charge in [0, 0.05) is 23.8 Å². The SMILES string of the molecule is Cc1cc(CNc2nccnc2Cl)cs1. The molecule has 1 N–H and O–H groups in total. The summed E-state index contributed by atoms with van der Waals surface area (Å²) in [5, 5.41) is 5.67. The molecule has 0 atom stereocenters. The van der Waals surface area contributed by atoms with Crippen molar-refractivity contribution in [1.29, 1.82) is 0 Å². The molecule has 0 radical (unpaired) electrons. The normalized spacial score (nSPS) is 10.3. The minimum Gasteiger partial charge on any atom is -0.363 e. The quantitative estimate of drug-likeness (QED) is 0.895. The number of thiophene rings is 1. The first kappa shape index (κ1) is 10.4. The lowest BCUT2D eigenvalue weighted by Gasteiger charge is -2.04. The Morgan fingerprint density at radius 2 is 2.20 bits per heavy atom. The molecule has 5 heteroatoms. The predicted molar refractivity (Wildman–Crippen MR) is 63.4 cm³/mol. The largest absolute Gasteiger partial charge is 0.363 e. The molecular formula is C10H10ClN3S. The first-order valence-corrected chi connectivity index (χ1v) is 5.76. The van der Waals surface area contributed by atoms with E-state index in [1.165, 1.54) is 10.4 Å². The van der Waals surface area contributed by atoms with E-state index in [9.17, 15) is 0 Å². The number of anilines is 1. The van der Waals surface area contributed by atoms with Gasteiger partial charge in [-0.25, -0.2) is 9.97 Å². The third-order valence-corrected chi connectivity index (χ3v) is 3.09. The number of aryl methyl sites for hydroxylation is 1. The summed E-state index contributed by atoms with van der Waals surface area (Å²) in [7, 11) is 0. The van der Waals surface area contributed by atoms with Crippen LogP contribution in [0.2, 0.25) is 5.15 Å². The van der Waals surface area contributed by atoms with E-state index in [0.717, 1.165) is 6.54 Å². The highest BCUT2D eigenvalue weighted by molar-refractivity contribution is 7.10. The van der Waals surface area contributed by atoms with E-state index in [2.05, 4.69) is 33.7 Å². The van der Waals surface area contributed by atoms with Crippen molar-refractivity contribution in [2.24, 2.45) is 0 Å². The summed E-state index contributed by atoms with van der Waals surface area (Å²) >= 11 is 7.60. The summed E-state index contributed by atoms with van der Waals surface area (Å²) in [5.41, 5.74) is 1.24. The van der Waals surface area contributed by atoms with Crippen LogP contribution in [0, 0.1) is 6.92 Å². The van der Waals surface area contributed by atoms with E-state index < -0.39 is 0 Å². The second-order valence-electron chi connectivity index (χ2n) is 3.11. The van der Waals surface area contributed by atoms with Crippen molar-refractivity contribution in [1.82, 2.24) is 9.97 Å². The summed E-state index contributed by atoms with van der Waals surface area (Å²) in [6.45, 7) is 2.81. The molecule has 0 aliphatic rings. The third-order valence-electron chi connectivity index (χ3n) is 1.90. The standard InChI is InChI=1S/C10H10ClN3S/c1-7-4-8(6-15-7)5-14-10-9(11)12-2-3-13-10/h2-4,6H,5H2,1H3,(H,13,14). The zero-order chi connectivity index (χ0) is 10.7. The van der Waals surface area contributed by atoms with E-state index in [0.29, 0.717) is 11.0 Å². The van der Waals surface area contributed by atoms with Crippen LogP contribution in [0.3, 0.4) is 0 Å². The Balaban J connectivity index is 2.02. The van der Waals surface area contributed by atoms with Crippen LogP contribution < -0.4 is 5.32 Å². The molecular weight excluding hydrogens is 230 g/mol. The van der Waals surface area contributed by atoms with Crippen molar-refractivity contribution in [3.8, 4) is 0 Å². The minimum absolute atomic E-state index is 0.407. The van der Waals surface area contributed by atoms with E-state index in [-0.39, 0.29) is 0 Å². The summed E-state index contributed by atoms with van der Waals surface area (Å²) in [4.78, 5) is 9.34. The van der Waals surface area contributed by atoms with Gasteiger partial charge in [0.25, 0.3) is 0 Å². The number of hydrogen-bond acceptors (Lipinski definition) is 4. The number of rotatable bonds is 3. The highest BCUT2D eigenvalue weighted by atomic mass is 35.5. The predicted octanol–water partition coefficient (Wildman–Crippen LogP) is 3.11. The number of hydrogen-bond donors (Lipinski definition) is 1. The smallest absolute Gasteiger partial charge is 0.171 e. The molecule has 0 spiro atoms. The van der Waals surface area contributed by atoms with Crippen LogP contribution in [0.15, 0.2) is 23.8 Å². The highest BCUT2D eigenvalue weighted by Crippen LogP contribution is 2.17. The van der Waals surface area contributed by atoms with Crippen LogP contribution in [0.1, 0.15) is 10.4 Å². The number of halogens is 1. The molecule has 0 unspecified atom stereocenters. The Morgan fingerprint density at radius 3 is 2.87 bits per heavy atom. The second-order valence-corrected chi connectivity index (χ2v) is 4.59. The molecule has 78 valence electrons. The molecule has 2 heterocycles. The Labute approximate surface area is 97.2 Å². The van der Waals surface area contributed by atoms with Gasteiger partial charge in [0.1, 0.15) is 0 Å². The molecule has 0 aliphatic carbocycles. The first-order chi connectivity index (χ1) is 7.25. The highest BCUT2D eigenvalue weighted by Gasteiger charge is 2.01. The van der Waals surface area contributed by atoms with Crippen LogP contribution in [0.4, 0.5) is 5.82 Å². The maximum Gasteiger partial charge on any atom is 0.171 e. The molecule has 2 rings (SSSR count). The van der Waals surface area contributed by atoms with Crippen molar-refractivity contribution in [3.63, 3.8) is 0 Å². The third kappa shape index (κ3) is 2.67. The molecule has 0 bridgehead atoms. The van der Waals surface area contributed by atoms with Gasteiger partial charge < -0.3 is 5.32 Å². The van der Waals surface area contributed by atoms with Gasteiger partial charge in [-0.05, 0) is 23.9 Å². The van der Waals surface area contributed by atoms with Crippen molar-refractivity contribution in [2.75, 3.05) is 5.32 Å². The Hall–Kier alpha value is -1.13. The number of nitrogens with one attached hydrogen (secondary N) is 1. The Morgan fingerprint density at radius 1 is 1.40 bits per heavy atom. The Bertz CT molecular complexity index is 455. The van der Waals surface area contributed by atoms with Gasteiger partial charge >= 0.3 is 0 Å². The fourth-order valence-corrected chi connectivity index (χ4v) is 2.10. The average Bonchev–Trinajstić information content (AvgIpc) is 2.63. The summed E-state index contributed by atoms with van der Waals surface area (Å²) in [6.07, 6.45) is 3.19. The van der Waals surface area contributed by atoms with E-state index in [1.807, 2.05) is 0 Å². The lowest BCUT2D eigenvalue weighted by atomic mass is 10.3. The summed E-state index contributed by atoms with van der Waals surface area (Å²) in [5.74, 6) is 0.628. The topological polar surface area (TPSA) is 37.8 Å². The van der Waals surface area contributed by atoms with Crippen LogP contribution in [-0.4, -0.2) is 9.97 Å². The van der Waals surface area contributed by atoms with E-state index in [4.69, 9.17) is 11.6 Å². The van der Waals surface area contributed by atoms with Crippen molar-refractivity contribution in [3.05, 3.63) is 39.4 Å². The van der Waals surface area contributed by atoms with Gasteiger partial charge in [-0.1, -0.05) is 11.6 Å². The first-order valence-electron chi connectivity index (χ1n) is 4.50. The monoisotopic (exact) mass is 239 g/mol. The fourth-order valence-electron chi connectivity index (χ4n) is 1.22. The van der Waals surface area contributed by atoms with Crippen molar-refractivity contribution in [2.45, 2.75) is 13.5 Å². The second kappa shape index (κ2) is 4.59. The van der Waals surface area contributed by atoms with Crippen LogP contribution in [0.5, 0.6) is 0 Å². The molecule has 15 heavy (non-hydrogen) atoms. The zero-order valence-corrected chi connectivity index (χ0v) is 9.77. The van der Waals surface area contributed by atoms with Crippen molar-refractivity contribution < 1.29 is 0 Å². The fraction of sp³-hybridized carbons (Fsp3) is 0.200. The lowest BCUT2D eigenvalue weighted by Crippen LogP contribution is -2.01. The summed E-state index contributed by atoms with van der Waals surface area (Å²) < 4.78 is 0. The Kier molecular flexibility index (Phi) is 3.18. The molecule has 0 fully saturated rings. The van der Waals surface area contributed by atoms with Crippen LogP contribution >= 0.6 is 22.9 Å². The van der Waals surface area contributed by atoms with Gasteiger partial charge in [-0.15, -0.1) is 11.3 Å². The van der Waals surface area contributed by atoms with Crippen LogP contribution in [0.25, 0.3) is 0 Å². The van der Waals surface area contributed by atoms with Crippen LogP contribution in [-0.2, 0) is 6.54 Å². The molecule has 0 aliphatic heterocycles. The molecule has 0 aromatic carbocycles. The van der Waals surface area contributed by atoms with Gasteiger partial charge in [0.05, 0.1) is 0 Å². The van der Waals surface area contributed by atoms with Gasteiger partial charge in [-0.2, -0.15) is 0 Å².